The smallest absolute Gasteiger partial charge is 0.162 e. The molecule has 0 spiro atoms. The third kappa shape index (κ3) is 1.51. The molecule has 1 N–H and O–H groups in total. The molecule has 3 heteroatoms. The molecule has 1 aliphatic rings. The van der Waals surface area contributed by atoms with E-state index >= 15 is 0 Å². The van der Waals surface area contributed by atoms with Crippen LogP contribution in [0.15, 0.2) is 17.3 Å². The van der Waals surface area contributed by atoms with Gasteiger partial charge in [0.2, 0.25) is 0 Å². The van der Waals surface area contributed by atoms with Gasteiger partial charge in [0.25, 0.3) is 0 Å². The molecule has 0 saturated heterocycles. The zero-order chi connectivity index (χ0) is 7.56. The average molecular weight is 139 g/mol. The molecule has 1 atom stereocenters. The fourth-order valence-electron chi connectivity index (χ4n) is 0.755. The first kappa shape index (κ1) is 7.15. The van der Waals surface area contributed by atoms with Crippen molar-refractivity contribution in [3.05, 3.63) is 12.3 Å². The number of hydrogen-bond acceptors (Lipinski definition) is 3. The lowest BCUT2D eigenvalue weighted by Gasteiger charge is -2.08. The topological polar surface area (TPSA) is 49.7 Å². The predicted molar refractivity (Wildman–Crippen MR) is 37.9 cm³/mol. The van der Waals surface area contributed by atoms with Crippen LogP contribution in [0.25, 0.3) is 0 Å². The number of allylic oxidation sites excluding steroid dienone is 1. The minimum Gasteiger partial charge on any atom is -0.387 e. The first-order valence-electron chi connectivity index (χ1n) is 3.14. The molecule has 0 bridgehead atoms. The van der Waals surface area contributed by atoms with E-state index in [0.717, 1.165) is 0 Å². The van der Waals surface area contributed by atoms with E-state index in [1.807, 2.05) is 0 Å². The number of carbonyl (C=O) groups excluding carboxylic acids is 1. The molecule has 1 rings (SSSR count). The first-order chi connectivity index (χ1) is 4.70. The van der Waals surface area contributed by atoms with Crippen molar-refractivity contribution >= 4 is 11.5 Å². The number of carbonyl (C=O) groups is 1. The van der Waals surface area contributed by atoms with Crippen molar-refractivity contribution in [2.75, 3.05) is 0 Å². The quantitative estimate of drug-likeness (QED) is 0.567. The van der Waals surface area contributed by atoms with Gasteiger partial charge in [-0.25, -0.2) is 0 Å². The Bertz CT molecular complexity index is 204. The SMILES string of the molecule is C[C@@H](O)C1=NC=CC(=O)C1. The van der Waals surface area contributed by atoms with E-state index in [1.165, 1.54) is 12.3 Å². The van der Waals surface area contributed by atoms with Crippen LogP contribution in [0, 0.1) is 0 Å². The summed E-state index contributed by atoms with van der Waals surface area (Å²) in [5.41, 5.74) is 0.549. The van der Waals surface area contributed by atoms with Gasteiger partial charge in [-0.2, -0.15) is 0 Å². The van der Waals surface area contributed by atoms with Gasteiger partial charge >= 0.3 is 0 Å². The van der Waals surface area contributed by atoms with Gasteiger partial charge in [0.15, 0.2) is 5.78 Å². The highest BCUT2D eigenvalue weighted by molar-refractivity contribution is 6.10. The Kier molecular flexibility index (Phi) is 1.97. The first-order valence-corrected chi connectivity index (χ1v) is 3.14. The second-order valence-corrected chi connectivity index (χ2v) is 2.26. The molecule has 0 unspecified atom stereocenters. The van der Waals surface area contributed by atoms with E-state index in [0.29, 0.717) is 5.71 Å². The molecule has 0 aromatic carbocycles. The fourth-order valence-corrected chi connectivity index (χ4v) is 0.755. The van der Waals surface area contributed by atoms with Crippen LogP contribution in [-0.2, 0) is 4.79 Å². The second-order valence-electron chi connectivity index (χ2n) is 2.26. The Hall–Kier alpha value is -0.960. The Morgan fingerprint density at radius 3 is 2.90 bits per heavy atom. The van der Waals surface area contributed by atoms with Crippen molar-refractivity contribution < 1.29 is 9.90 Å². The van der Waals surface area contributed by atoms with E-state index in [-0.39, 0.29) is 12.2 Å². The van der Waals surface area contributed by atoms with E-state index in [9.17, 15) is 4.79 Å². The third-order valence-electron chi connectivity index (χ3n) is 1.34. The van der Waals surface area contributed by atoms with Gasteiger partial charge in [-0.3, -0.25) is 9.79 Å². The number of rotatable bonds is 1. The zero-order valence-electron chi connectivity index (χ0n) is 5.74. The largest absolute Gasteiger partial charge is 0.387 e. The molecular weight excluding hydrogens is 130 g/mol. The van der Waals surface area contributed by atoms with Gasteiger partial charge in [0.1, 0.15) is 0 Å². The molecule has 0 radical (unpaired) electrons. The van der Waals surface area contributed by atoms with Crippen LogP contribution in [0.3, 0.4) is 0 Å². The Labute approximate surface area is 59.1 Å². The summed E-state index contributed by atoms with van der Waals surface area (Å²) in [7, 11) is 0. The van der Waals surface area contributed by atoms with Gasteiger partial charge in [0, 0.05) is 6.20 Å². The van der Waals surface area contributed by atoms with Crippen molar-refractivity contribution in [2.45, 2.75) is 19.4 Å². The number of hydrogen-bond donors (Lipinski definition) is 1. The summed E-state index contributed by atoms with van der Waals surface area (Å²) >= 11 is 0. The van der Waals surface area contributed by atoms with Gasteiger partial charge in [0.05, 0.1) is 18.2 Å². The van der Waals surface area contributed by atoms with E-state index in [4.69, 9.17) is 5.11 Å². The summed E-state index contributed by atoms with van der Waals surface area (Å²) in [6.07, 6.45) is 2.49. The molecule has 1 heterocycles. The van der Waals surface area contributed by atoms with Crippen LogP contribution in [0.4, 0.5) is 0 Å². The Morgan fingerprint density at radius 2 is 2.50 bits per heavy atom. The standard InChI is InChI=1S/C7H9NO2/c1-5(9)7-4-6(10)2-3-8-7/h2-3,5,9H,4H2,1H3/t5-/m1/s1. The van der Waals surface area contributed by atoms with Crippen molar-refractivity contribution in [3.63, 3.8) is 0 Å². The number of aliphatic hydroxyl groups excluding tert-OH is 1. The molecule has 0 aliphatic carbocycles. The summed E-state index contributed by atoms with van der Waals surface area (Å²) in [6.45, 7) is 1.60. The number of aliphatic imine (C=N–C) groups is 1. The van der Waals surface area contributed by atoms with Crippen LogP contribution in [-0.4, -0.2) is 22.7 Å². The monoisotopic (exact) mass is 139 g/mol. The van der Waals surface area contributed by atoms with Crippen molar-refractivity contribution in [1.82, 2.24) is 0 Å². The van der Waals surface area contributed by atoms with Gasteiger partial charge < -0.3 is 5.11 Å². The molecule has 0 saturated carbocycles. The maximum Gasteiger partial charge on any atom is 0.162 e. The highest BCUT2D eigenvalue weighted by Crippen LogP contribution is 2.02. The van der Waals surface area contributed by atoms with Gasteiger partial charge in [-0.05, 0) is 13.0 Å². The number of ketones is 1. The van der Waals surface area contributed by atoms with E-state index in [1.54, 1.807) is 6.92 Å². The second kappa shape index (κ2) is 2.75. The van der Waals surface area contributed by atoms with Gasteiger partial charge in [-0.15, -0.1) is 0 Å². The molecule has 0 amide bonds. The van der Waals surface area contributed by atoms with Crippen molar-refractivity contribution in [1.29, 1.82) is 0 Å². The molecule has 0 fully saturated rings. The lowest BCUT2D eigenvalue weighted by Crippen LogP contribution is -2.20. The highest BCUT2D eigenvalue weighted by atomic mass is 16.3. The third-order valence-corrected chi connectivity index (χ3v) is 1.34. The Balaban J connectivity index is 2.70. The van der Waals surface area contributed by atoms with Crippen LogP contribution >= 0.6 is 0 Å². The maximum absolute atomic E-state index is 10.7. The predicted octanol–water partition coefficient (Wildman–Crippen LogP) is 0.295. The van der Waals surface area contributed by atoms with Crippen LogP contribution in [0.5, 0.6) is 0 Å². The van der Waals surface area contributed by atoms with Crippen molar-refractivity contribution in [2.24, 2.45) is 4.99 Å². The van der Waals surface area contributed by atoms with E-state index in [2.05, 4.69) is 4.99 Å². The molecule has 0 aromatic rings. The summed E-state index contributed by atoms with van der Waals surface area (Å²) in [4.78, 5) is 14.5. The normalized spacial score (nSPS) is 20.6. The maximum atomic E-state index is 10.7. The summed E-state index contributed by atoms with van der Waals surface area (Å²) in [5.74, 6) is 0.00546. The van der Waals surface area contributed by atoms with Crippen LogP contribution in [0.1, 0.15) is 13.3 Å². The minimum absolute atomic E-state index is 0.00546. The fraction of sp³-hybridized carbons (Fsp3) is 0.429. The van der Waals surface area contributed by atoms with Crippen LogP contribution < -0.4 is 0 Å². The van der Waals surface area contributed by atoms with Crippen LogP contribution in [0.2, 0.25) is 0 Å². The summed E-state index contributed by atoms with van der Waals surface area (Å²) in [6, 6.07) is 0. The highest BCUT2D eigenvalue weighted by Gasteiger charge is 2.12. The van der Waals surface area contributed by atoms with Gasteiger partial charge in [-0.1, -0.05) is 0 Å². The number of aliphatic hydroxyl groups is 1. The minimum atomic E-state index is -0.603. The zero-order valence-corrected chi connectivity index (χ0v) is 5.74. The molecular formula is C7H9NO2. The molecule has 54 valence electrons. The molecule has 0 aromatic heterocycles. The summed E-state index contributed by atoms with van der Waals surface area (Å²) in [5, 5.41) is 8.98. The average Bonchev–Trinajstić information content (AvgIpc) is 1.88. The molecule has 3 nitrogen and oxygen atoms in total. The lowest BCUT2D eigenvalue weighted by molar-refractivity contribution is -0.113. The van der Waals surface area contributed by atoms with Crippen molar-refractivity contribution in [3.8, 4) is 0 Å². The lowest BCUT2D eigenvalue weighted by atomic mass is 10.1. The Morgan fingerprint density at radius 1 is 1.80 bits per heavy atom. The number of nitrogens with zero attached hydrogens (tertiary/aromatic N) is 1. The summed E-state index contributed by atoms with van der Waals surface area (Å²) < 4.78 is 0. The molecule has 10 heavy (non-hydrogen) atoms. The molecule has 1 aliphatic heterocycles. The van der Waals surface area contributed by atoms with E-state index < -0.39 is 6.10 Å².